The Morgan fingerprint density at radius 2 is 1.94 bits per heavy atom. The topological polar surface area (TPSA) is 88.9 Å². The van der Waals surface area contributed by atoms with Crippen molar-refractivity contribution in [3.63, 3.8) is 0 Å². The van der Waals surface area contributed by atoms with E-state index in [4.69, 9.17) is 0 Å². The lowest BCUT2D eigenvalue weighted by Crippen LogP contribution is -2.29. The Balaban J connectivity index is 1.67. The fraction of sp³-hybridized carbons (Fsp3) is 0.250. The molecule has 1 aromatic heterocycles. The standard InChI is InChI=1S/C24H27N5O2S/c1-5-13-29-22(18(4)25-23(31)20-12-7-6-10-17(20)3)27-28-24(29)32-15-21(30)26-19-11-8-9-16(2)14-19/h5-12,14,18H,1,13,15H2,2-4H3,(H,25,31)(H,26,30). The van der Waals surface area contributed by atoms with Gasteiger partial charge in [0.1, 0.15) is 0 Å². The first-order valence-corrected chi connectivity index (χ1v) is 11.3. The number of anilines is 1. The third-order valence-corrected chi connectivity index (χ3v) is 5.78. The molecule has 8 heteroatoms. The summed E-state index contributed by atoms with van der Waals surface area (Å²) in [7, 11) is 0. The highest BCUT2D eigenvalue weighted by atomic mass is 32.2. The van der Waals surface area contributed by atoms with Crippen LogP contribution < -0.4 is 10.6 Å². The van der Waals surface area contributed by atoms with Crippen LogP contribution in [-0.4, -0.2) is 32.3 Å². The van der Waals surface area contributed by atoms with Crippen LogP contribution in [-0.2, 0) is 11.3 Å². The molecule has 2 N–H and O–H groups in total. The van der Waals surface area contributed by atoms with Gasteiger partial charge in [0, 0.05) is 17.8 Å². The second-order valence-electron chi connectivity index (χ2n) is 7.46. The number of nitrogens with one attached hydrogen (secondary N) is 2. The van der Waals surface area contributed by atoms with Crippen LogP contribution in [0.25, 0.3) is 0 Å². The van der Waals surface area contributed by atoms with Crippen molar-refractivity contribution in [2.24, 2.45) is 0 Å². The number of nitrogens with zero attached hydrogens (tertiary/aromatic N) is 3. The Labute approximate surface area is 192 Å². The van der Waals surface area contributed by atoms with E-state index < -0.39 is 0 Å². The van der Waals surface area contributed by atoms with Gasteiger partial charge in [0.15, 0.2) is 11.0 Å². The second-order valence-corrected chi connectivity index (χ2v) is 8.40. The minimum Gasteiger partial charge on any atom is -0.342 e. The minimum absolute atomic E-state index is 0.129. The molecule has 0 bridgehead atoms. The lowest BCUT2D eigenvalue weighted by Gasteiger charge is -2.16. The van der Waals surface area contributed by atoms with E-state index in [9.17, 15) is 9.59 Å². The normalized spacial score (nSPS) is 11.6. The van der Waals surface area contributed by atoms with Gasteiger partial charge >= 0.3 is 0 Å². The largest absolute Gasteiger partial charge is 0.342 e. The number of aromatic nitrogens is 3. The molecule has 0 spiro atoms. The van der Waals surface area contributed by atoms with Gasteiger partial charge in [-0.25, -0.2) is 0 Å². The molecule has 0 aliphatic rings. The van der Waals surface area contributed by atoms with Crippen molar-refractivity contribution < 1.29 is 9.59 Å². The number of carbonyl (C=O) groups excluding carboxylic acids is 2. The predicted molar refractivity (Wildman–Crippen MR) is 128 cm³/mol. The summed E-state index contributed by atoms with van der Waals surface area (Å²) < 4.78 is 1.86. The number of thioether (sulfide) groups is 1. The van der Waals surface area contributed by atoms with Gasteiger partial charge in [-0.2, -0.15) is 0 Å². The van der Waals surface area contributed by atoms with Crippen molar-refractivity contribution in [3.8, 4) is 0 Å². The summed E-state index contributed by atoms with van der Waals surface area (Å²) in [5.74, 6) is 0.493. The molecular formula is C24H27N5O2S. The Bertz CT molecular complexity index is 1130. The molecule has 7 nitrogen and oxygen atoms in total. The average molecular weight is 450 g/mol. The van der Waals surface area contributed by atoms with Crippen LogP contribution in [0, 0.1) is 13.8 Å². The van der Waals surface area contributed by atoms with E-state index in [1.807, 2.05) is 67.8 Å². The molecule has 2 aromatic carbocycles. The fourth-order valence-electron chi connectivity index (χ4n) is 3.24. The highest BCUT2D eigenvalue weighted by Crippen LogP contribution is 2.22. The third-order valence-electron chi connectivity index (χ3n) is 4.82. The Kier molecular flexibility index (Phi) is 7.83. The maximum Gasteiger partial charge on any atom is 0.252 e. The molecular weight excluding hydrogens is 422 g/mol. The Morgan fingerprint density at radius 3 is 2.66 bits per heavy atom. The molecule has 1 unspecified atom stereocenters. The molecule has 3 rings (SSSR count). The molecule has 166 valence electrons. The predicted octanol–water partition coefficient (Wildman–Crippen LogP) is 4.30. The highest BCUT2D eigenvalue weighted by molar-refractivity contribution is 7.99. The number of hydrogen-bond acceptors (Lipinski definition) is 5. The van der Waals surface area contributed by atoms with Crippen LogP contribution in [0.4, 0.5) is 5.69 Å². The summed E-state index contributed by atoms with van der Waals surface area (Å²) in [5, 5.41) is 15.0. The molecule has 0 saturated heterocycles. The molecule has 1 heterocycles. The SMILES string of the molecule is C=CCn1c(SCC(=O)Nc2cccc(C)c2)nnc1C(C)NC(=O)c1ccccc1C. The molecule has 0 aliphatic heterocycles. The Hall–Kier alpha value is -3.39. The van der Waals surface area contributed by atoms with Gasteiger partial charge in [0.2, 0.25) is 5.91 Å². The van der Waals surface area contributed by atoms with E-state index in [2.05, 4.69) is 27.4 Å². The van der Waals surface area contributed by atoms with Crippen molar-refractivity contribution in [2.45, 2.75) is 38.5 Å². The van der Waals surface area contributed by atoms with Gasteiger partial charge in [-0.15, -0.1) is 16.8 Å². The monoisotopic (exact) mass is 449 g/mol. The summed E-state index contributed by atoms with van der Waals surface area (Å²) in [6, 6.07) is 14.7. The van der Waals surface area contributed by atoms with Crippen molar-refractivity contribution in [1.82, 2.24) is 20.1 Å². The quantitative estimate of drug-likeness (QED) is 0.376. The summed E-state index contributed by atoms with van der Waals surface area (Å²) in [6.45, 7) is 10.0. The van der Waals surface area contributed by atoms with Crippen LogP contribution >= 0.6 is 11.8 Å². The van der Waals surface area contributed by atoms with Crippen molar-refractivity contribution in [2.75, 3.05) is 11.1 Å². The molecule has 0 aliphatic carbocycles. The van der Waals surface area contributed by atoms with Crippen LogP contribution in [0.2, 0.25) is 0 Å². The molecule has 32 heavy (non-hydrogen) atoms. The molecule has 1 atom stereocenters. The third kappa shape index (κ3) is 5.85. The number of benzene rings is 2. The van der Waals surface area contributed by atoms with Gasteiger partial charge in [0.25, 0.3) is 5.91 Å². The zero-order chi connectivity index (χ0) is 23.1. The van der Waals surface area contributed by atoms with E-state index in [0.29, 0.717) is 23.1 Å². The molecule has 0 saturated carbocycles. The van der Waals surface area contributed by atoms with Crippen LogP contribution in [0.15, 0.2) is 66.3 Å². The number of rotatable bonds is 9. The zero-order valence-electron chi connectivity index (χ0n) is 18.5. The highest BCUT2D eigenvalue weighted by Gasteiger charge is 2.21. The number of allylic oxidation sites excluding steroid dienone is 1. The van der Waals surface area contributed by atoms with Gasteiger partial charge < -0.3 is 15.2 Å². The fourth-order valence-corrected chi connectivity index (χ4v) is 4.00. The molecule has 0 fully saturated rings. The first kappa shape index (κ1) is 23.3. The Morgan fingerprint density at radius 1 is 1.16 bits per heavy atom. The summed E-state index contributed by atoms with van der Waals surface area (Å²) in [4.78, 5) is 25.1. The van der Waals surface area contributed by atoms with E-state index in [1.54, 1.807) is 12.1 Å². The van der Waals surface area contributed by atoms with Crippen molar-refractivity contribution in [1.29, 1.82) is 0 Å². The van der Waals surface area contributed by atoms with E-state index >= 15 is 0 Å². The van der Waals surface area contributed by atoms with Gasteiger partial charge in [-0.05, 0) is 50.1 Å². The minimum atomic E-state index is -0.370. The summed E-state index contributed by atoms with van der Waals surface area (Å²) in [5.41, 5.74) is 3.36. The van der Waals surface area contributed by atoms with E-state index in [0.717, 1.165) is 16.8 Å². The number of amides is 2. The van der Waals surface area contributed by atoms with Crippen LogP contribution in [0.3, 0.4) is 0 Å². The van der Waals surface area contributed by atoms with Gasteiger partial charge in [-0.1, -0.05) is 48.2 Å². The van der Waals surface area contributed by atoms with E-state index in [-0.39, 0.29) is 23.6 Å². The number of hydrogen-bond donors (Lipinski definition) is 2. The maximum atomic E-state index is 12.7. The number of carbonyl (C=O) groups is 2. The smallest absolute Gasteiger partial charge is 0.252 e. The molecule has 3 aromatic rings. The van der Waals surface area contributed by atoms with Gasteiger partial charge in [-0.3, -0.25) is 9.59 Å². The van der Waals surface area contributed by atoms with Crippen molar-refractivity contribution in [3.05, 3.63) is 83.7 Å². The summed E-state index contributed by atoms with van der Waals surface area (Å²) in [6.07, 6.45) is 1.74. The van der Waals surface area contributed by atoms with Crippen LogP contribution in [0.5, 0.6) is 0 Å². The first-order valence-electron chi connectivity index (χ1n) is 10.3. The molecule has 2 amide bonds. The maximum absolute atomic E-state index is 12.7. The number of aryl methyl sites for hydroxylation is 2. The first-order chi connectivity index (χ1) is 15.4. The lowest BCUT2D eigenvalue weighted by molar-refractivity contribution is -0.113. The summed E-state index contributed by atoms with van der Waals surface area (Å²) >= 11 is 1.29. The molecule has 0 radical (unpaired) electrons. The van der Waals surface area contributed by atoms with Crippen LogP contribution in [0.1, 0.15) is 40.3 Å². The average Bonchev–Trinajstić information content (AvgIpc) is 3.15. The van der Waals surface area contributed by atoms with Crippen molar-refractivity contribution >= 4 is 29.3 Å². The van der Waals surface area contributed by atoms with Gasteiger partial charge in [0.05, 0.1) is 11.8 Å². The lowest BCUT2D eigenvalue weighted by atomic mass is 10.1. The van der Waals surface area contributed by atoms with E-state index in [1.165, 1.54) is 11.8 Å². The zero-order valence-corrected chi connectivity index (χ0v) is 19.3. The second kappa shape index (κ2) is 10.8.